The lowest BCUT2D eigenvalue weighted by Crippen LogP contribution is -2.09. The van der Waals surface area contributed by atoms with Crippen molar-refractivity contribution in [3.63, 3.8) is 0 Å². The van der Waals surface area contributed by atoms with E-state index in [2.05, 4.69) is 11.9 Å². The second-order valence-electron chi connectivity index (χ2n) is 4.08. The molecular formula is C10H15NOS. The smallest absolute Gasteiger partial charge is 0.0937 e. The third-order valence-electron chi connectivity index (χ3n) is 2.89. The molecule has 2 nitrogen and oxygen atoms in total. The molecule has 72 valence electrons. The maximum Gasteiger partial charge on any atom is 0.0937 e. The quantitative estimate of drug-likeness (QED) is 0.804. The summed E-state index contributed by atoms with van der Waals surface area (Å²) in [6, 6.07) is 0. The van der Waals surface area contributed by atoms with Crippen LogP contribution in [0, 0.1) is 19.3 Å². The lowest BCUT2D eigenvalue weighted by Gasteiger charge is -2.07. The molecule has 0 saturated heterocycles. The van der Waals surface area contributed by atoms with Gasteiger partial charge in [-0.2, -0.15) is 0 Å². The summed E-state index contributed by atoms with van der Waals surface area (Å²) in [6.07, 6.45) is 3.31. The van der Waals surface area contributed by atoms with Gasteiger partial charge in [-0.25, -0.2) is 4.98 Å². The van der Waals surface area contributed by atoms with Gasteiger partial charge < -0.3 is 5.11 Å². The summed E-state index contributed by atoms with van der Waals surface area (Å²) >= 11 is 1.77. The predicted molar refractivity (Wildman–Crippen MR) is 54.0 cm³/mol. The Kier molecular flexibility index (Phi) is 2.16. The Morgan fingerprint density at radius 3 is 2.54 bits per heavy atom. The van der Waals surface area contributed by atoms with E-state index in [1.165, 1.54) is 22.7 Å². The third kappa shape index (κ3) is 1.76. The molecule has 0 aliphatic heterocycles. The zero-order chi connectivity index (χ0) is 9.47. The lowest BCUT2D eigenvalue weighted by atomic mass is 10.1. The molecule has 1 aliphatic rings. The number of hydrogen-bond donors (Lipinski definition) is 1. The van der Waals surface area contributed by atoms with Crippen molar-refractivity contribution >= 4 is 11.3 Å². The summed E-state index contributed by atoms with van der Waals surface area (Å²) in [7, 11) is 0. The average Bonchev–Trinajstić information content (AvgIpc) is 2.78. The number of aromatic nitrogens is 1. The zero-order valence-corrected chi connectivity index (χ0v) is 8.95. The molecule has 1 fully saturated rings. The summed E-state index contributed by atoms with van der Waals surface area (Å²) in [5.41, 5.74) is 1.35. The second kappa shape index (κ2) is 3.07. The third-order valence-corrected chi connectivity index (χ3v) is 3.96. The van der Waals surface area contributed by atoms with Crippen LogP contribution in [0.4, 0.5) is 0 Å². The van der Waals surface area contributed by atoms with Gasteiger partial charge in [0.2, 0.25) is 0 Å². The van der Waals surface area contributed by atoms with Gasteiger partial charge in [-0.1, -0.05) is 0 Å². The first-order valence-corrected chi connectivity index (χ1v) is 5.51. The SMILES string of the molecule is Cc1nc(CC2(CO)CC2)sc1C. The fourth-order valence-electron chi connectivity index (χ4n) is 1.50. The Morgan fingerprint density at radius 2 is 2.15 bits per heavy atom. The molecule has 0 radical (unpaired) electrons. The van der Waals surface area contributed by atoms with E-state index in [-0.39, 0.29) is 5.41 Å². The van der Waals surface area contributed by atoms with Gasteiger partial charge in [0.1, 0.15) is 0 Å². The van der Waals surface area contributed by atoms with E-state index in [1.54, 1.807) is 11.3 Å². The van der Waals surface area contributed by atoms with Crippen molar-refractivity contribution in [2.75, 3.05) is 6.61 Å². The van der Waals surface area contributed by atoms with Crippen LogP contribution in [0.2, 0.25) is 0 Å². The topological polar surface area (TPSA) is 33.1 Å². The first-order chi connectivity index (χ1) is 6.15. The molecule has 1 saturated carbocycles. The molecule has 13 heavy (non-hydrogen) atoms. The minimum Gasteiger partial charge on any atom is -0.396 e. The number of aliphatic hydroxyl groups excluding tert-OH is 1. The van der Waals surface area contributed by atoms with Crippen molar-refractivity contribution in [1.29, 1.82) is 0 Å². The fourth-order valence-corrected chi connectivity index (χ4v) is 2.61. The van der Waals surface area contributed by atoms with Gasteiger partial charge in [-0.3, -0.25) is 0 Å². The van der Waals surface area contributed by atoms with E-state index >= 15 is 0 Å². The molecule has 0 spiro atoms. The molecule has 1 N–H and O–H groups in total. The Balaban J connectivity index is 2.10. The van der Waals surface area contributed by atoms with Gasteiger partial charge in [0.25, 0.3) is 0 Å². The van der Waals surface area contributed by atoms with E-state index in [9.17, 15) is 5.11 Å². The number of rotatable bonds is 3. The van der Waals surface area contributed by atoms with Crippen LogP contribution in [0.5, 0.6) is 0 Å². The van der Waals surface area contributed by atoms with Gasteiger partial charge in [0.05, 0.1) is 10.7 Å². The number of thiazole rings is 1. The summed E-state index contributed by atoms with van der Waals surface area (Å²) < 4.78 is 0. The van der Waals surface area contributed by atoms with Crippen LogP contribution in [-0.2, 0) is 6.42 Å². The van der Waals surface area contributed by atoms with E-state index in [1.807, 2.05) is 6.92 Å². The molecule has 1 heterocycles. The van der Waals surface area contributed by atoms with Crippen molar-refractivity contribution in [3.8, 4) is 0 Å². The van der Waals surface area contributed by atoms with Gasteiger partial charge in [-0.05, 0) is 32.1 Å². The molecular weight excluding hydrogens is 182 g/mol. The minimum atomic E-state index is 0.205. The van der Waals surface area contributed by atoms with Gasteiger partial charge in [-0.15, -0.1) is 11.3 Å². The van der Waals surface area contributed by atoms with Crippen LogP contribution in [0.1, 0.15) is 28.4 Å². The van der Waals surface area contributed by atoms with Crippen LogP contribution in [0.3, 0.4) is 0 Å². The highest BCUT2D eigenvalue weighted by Gasteiger charge is 2.42. The fraction of sp³-hybridized carbons (Fsp3) is 0.700. The standard InChI is InChI=1S/C10H15NOS/c1-7-8(2)13-9(11-7)5-10(6-12)3-4-10/h12H,3-6H2,1-2H3. The van der Waals surface area contributed by atoms with E-state index in [0.29, 0.717) is 6.61 Å². The summed E-state index contributed by atoms with van der Waals surface area (Å²) in [4.78, 5) is 5.80. The highest BCUT2D eigenvalue weighted by atomic mass is 32.1. The maximum atomic E-state index is 9.17. The van der Waals surface area contributed by atoms with Crippen LogP contribution < -0.4 is 0 Å². The normalized spacial score (nSPS) is 19.0. The molecule has 3 heteroatoms. The average molecular weight is 197 g/mol. The van der Waals surface area contributed by atoms with Crippen LogP contribution in [0.15, 0.2) is 0 Å². The molecule has 1 aromatic rings. The van der Waals surface area contributed by atoms with Crippen molar-refractivity contribution in [2.45, 2.75) is 33.1 Å². The predicted octanol–water partition coefficient (Wildman–Crippen LogP) is 2.07. The molecule has 0 amide bonds. The highest BCUT2D eigenvalue weighted by molar-refractivity contribution is 7.11. The molecule has 1 aromatic heterocycles. The Hall–Kier alpha value is -0.410. The Labute approximate surface area is 82.6 Å². The molecule has 0 atom stereocenters. The summed E-state index contributed by atoms with van der Waals surface area (Å²) in [5.74, 6) is 0. The van der Waals surface area contributed by atoms with Crippen molar-refractivity contribution < 1.29 is 5.11 Å². The molecule has 1 aliphatic carbocycles. The van der Waals surface area contributed by atoms with Gasteiger partial charge in [0, 0.05) is 17.9 Å². The van der Waals surface area contributed by atoms with E-state index < -0.39 is 0 Å². The number of nitrogens with zero attached hydrogens (tertiary/aromatic N) is 1. The largest absolute Gasteiger partial charge is 0.396 e. The van der Waals surface area contributed by atoms with Crippen molar-refractivity contribution in [1.82, 2.24) is 4.98 Å². The monoisotopic (exact) mass is 197 g/mol. The summed E-state index contributed by atoms with van der Waals surface area (Å²) in [6.45, 7) is 4.48. The molecule has 0 bridgehead atoms. The lowest BCUT2D eigenvalue weighted by molar-refractivity contribution is 0.211. The first-order valence-electron chi connectivity index (χ1n) is 4.69. The van der Waals surface area contributed by atoms with Crippen LogP contribution in [-0.4, -0.2) is 16.7 Å². The molecule has 0 aromatic carbocycles. The van der Waals surface area contributed by atoms with Gasteiger partial charge >= 0.3 is 0 Å². The second-order valence-corrected chi connectivity index (χ2v) is 5.37. The first kappa shape index (κ1) is 9.16. The Morgan fingerprint density at radius 1 is 1.46 bits per heavy atom. The van der Waals surface area contributed by atoms with Gasteiger partial charge in [0.15, 0.2) is 0 Å². The maximum absolute atomic E-state index is 9.17. The van der Waals surface area contributed by atoms with Crippen LogP contribution in [0.25, 0.3) is 0 Å². The highest BCUT2D eigenvalue weighted by Crippen LogP contribution is 2.48. The zero-order valence-electron chi connectivity index (χ0n) is 8.13. The molecule has 2 rings (SSSR count). The van der Waals surface area contributed by atoms with Crippen molar-refractivity contribution in [3.05, 3.63) is 15.6 Å². The van der Waals surface area contributed by atoms with E-state index in [0.717, 1.165) is 12.1 Å². The summed E-state index contributed by atoms with van der Waals surface area (Å²) in [5, 5.41) is 10.4. The Bertz CT molecular complexity index is 295. The molecule has 0 unspecified atom stereocenters. The number of aliphatic hydroxyl groups is 1. The van der Waals surface area contributed by atoms with Crippen LogP contribution >= 0.6 is 11.3 Å². The van der Waals surface area contributed by atoms with E-state index in [4.69, 9.17) is 0 Å². The minimum absolute atomic E-state index is 0.205. The number of aryl methyl sites for hydroxylation is 2. The number of hydrogen-bond acceptors (Lipinski definition) is 3. The van der Waals surface area contributed by atoms with Crippen molar-refractivity contribution in [2.24, 2.45) is 5.41 Å².